The lowest BCUT2D eigenvalue weighted by molar-refractivity contribution is 0.114. The molecule has 0 spiro atoms. The Hall–Kier alpha value is -0.950. The largest absolute Gasteiger partial charge is 0.377 e. The fourth-order valence-electron chi connectivity index (χ4n) is 2.33. The Labute approximate surface area is 120 Å². The van der Waals surface area contributed by atoms with E-state index >= 15 is 0 Å². The normalized spacial score (nSPS) is 19.4. The molecule has 1 fully saturated rings. The number of sulfonamides is 1. The van der Waals surface area contributed by atoms with E-state index in [0.717, 1.165) is 30.6 Å². The van der Waals surface area contributed by atoms with E-state index in [1.807, 2.05) is 26.1 Å². The number of hydrogen-bond acceptors (Lipinski definition) is 4. The Morgan fingerprint density at radius 3 is 2.85 bits per heavy atom. The first-order chi connectivity index (χ1) is 9.53. The van der Waals surface area contributed by atoms with Crippen molar-refractivity contribution in [3.05, 3.63) is 29.3 Å². The summed E-state index contributed by atoms with van der Waals surface area (Å²) in [7, 11) is -1.64. The molecule has 1 aliphatic heterocycles. The first kappa shape index (κ1) is 15.4. The maximum absolute atomic E-state index is 12.4. The number of nitrogens with one attached hydrogen (secondary N) is 2. The van der Waals surface area contributed by atoms with E-state index in [0.29, 0.717) is 18.0 Å². The van der Waals surface area contributed by atoms with Crippen LogP contribution in [0.4, 0.5) is 0 Å². The van der Waals surface area contributed by atoms with Crippen LogP contribution in [0.15, 0.2) is 23.1 Å². The van der Waals surface area contributed by atoms with E-state index in [1.165, 1.54) is 0 Å². The SMILES string of the molecule is CNCc1ccc(C)c(S(=O)(=O)NCC2CCCO2)c1. The minimum atomic E-state index is -3.48. The van der Waals surface area contributed by atoms with Gasteiger partial charge in [0.05, 0.1) is 11.0 Å². The number of aryl methyl sites for hydroxylation is 1. The Morgan fingerprint density at radius 1 is 1.40 bits per heavy atom. The quantitative estimate of drug-likeness (QED) is 0.827. The molecule has 0 radical (unpaired) electrons. The zero-order valence-electron chi connectivity index (χ0n) is 12.0. The minimum absolute atomic E-state index is 0.00516. The molecule has 1 unspecified atom stereocenters. The summed E-state index contributed by atoms with van der Waals surface area (Å²) < 4.78 is 32.9. The highest BCUT2D eigenvalue weighted by Gasteiger charge is 2.21. The maximum Gasteiger partial charge on any atom is 0.240 e. The number of ether oxygens (including phenoxy) is 1. The van der Waals surface area contributed by atoms with Gasteiger partial charge < -0.3 is 10.1 Å². The van der Waals surface area contributed by atoms with Crippen molar-refractivity contribution < 1.29 is 13.2 Å². The minimum Gasteiger partial charge on any atom is -0.377 e. The Morgan fingerprint density at radius 2 is 2.20 bits per heavy atom. The Kier molecular flexibility index (Phi) is 5.15. The molecule has 0 aliphatic carbocycles. The van der Waals surface area contributed by atoms with Gasteiger partial charge in [-0.1, -0.05) is 12.1 Å². The monoisotopic (exact) mass is 298 g/mol. The summed E-state index contributed by atoms with van der Waals surface area (Å²) in [6, 6.07) is 5.50. The van der Waals surface area contributed by atoms with Crippen molar-refractivity contribution in [1.29, 1.82) is 0 Å². The fourth-order valence-corrected chi connectivity index (χ4v) is 3.69. The molecular weight excluding hydrogens is 276 g/mol. The van der Waals surface area contributed by atoms with Crippen molar-refractivity contribution in [2.45, 2.75) is 37.3 Å². The summed E-state index contributed by atoms with van der Waals surface area (Å²) in [5.41, 5.74) is 1.71. The highest BCUT2D eigenvalue weighted by Crippen LogP contribution is 2.18. The van der Waals surface area contributed by atoms with Crippen molar-refractivity contribution in [3.8, 4) is 0 Å². The summed E-state index contributed by atoms with van der Waals surface area (Å²) in [5.74, 6) is 0. The predicted molar refractivity (Wildman–Crippen MR) is 78.1 cm³/mol. The molecule has 0 aromatic heterocycles. The first-order valence-electron chi connectivity index (χ1n) is 6.88. The number of rotatable bonds is 6. The maximum atomic E-state index is 12.4. The molecule has 1 aromatic carbocycles. The van der Waals surface area contributed by atoms with Gasteiger partial charge in [0.2, 0.25) is 10.0 Å². The van der Waals surface area contributed by atoms with Gasteiger partial charge in [0.1, 0.15) is 0 Å². The lowest BCUT2D eigenvalue weighted by Crippen LogP contribution is -2.32. The van der Waals surface area contributed by atoms with Crippen LogP contribution in [0.3, 0.4) is 0 Å². The van der Waals surface area contributed by atoms with Crippen LogP contribution in [-0.2, 0) is 21.3 Å². The third kappa shape index (κ3) is 3.79. The van der Waals surface area contributed by atoms with Gasteiger partial charge in [0.15, 0.2) is 0 Å². The molecule has 1 saturated heterocycles. The van der Waals surface area contributed by atoms with Crippen LogP contribution >= 0.6 is 0 Å². The summed E-state index contributed by atoms with van der Waals surface area (Å²) >= 11 is 0. The van der Waals surface area contributed by atoms with Gasteiger partial charge in [0, 0.05) is 19.7 Å². The average Bonchev–Trinajstić information content (AvgIpc) is 2.92. The molecule has 5 nitrogen and oxygen atoms in total. The van der Waals surface area contributed by atoms with Crippen LogP contribution in [0.25, 0.3) is 0 Å². The molecule has 1 heterocycles. The summed E-state index contributed by atoms with van der Waals surface area (Å²) in [6.45, 7) is 3.53. The third-order valence-corrected chi connectivity index (χ3v) is 5.01. The van der Waals surface area contributed by atoms with Gasteiger partial charge in [-0.15, -0.1) is 0 Å². The second kappa shape index (κ2) is 6.67. The van der Waals surface area contributed by atoms with Crippen molar-refractivity contribution in [1.82, 2.24) is 10.0 Å². The lowest BCUT2D eigenvalue weighted by Gasteiger charge is -2.14. The van der Waals surface area contributed by atoms with E-state index in [4.69, 9.17) is 4.74 Å². The molecule has 112 valence electrons. The molecule has 6 heteroatoms. The topological polar surface area (TPSA) is 67.4 Å². The smallest absolute Gasteiger partial charge is 0.240 e. The van der Waals surface area contributed by atoms with E-state index in [2.05, 4.69) is 10.0 Å². The summed E-state index contributed by atoms with van der Waals surface area (Å²) in [6.07, 6.45) is 1.93. The van der Waals surface area contributed by atoms with Crippen LogP contribution in [0.1, 0.15) is 24.0 Å². The molecule has 1 aliphatic rings. The van der Waals surface area contributed by atoms with Crippen molar-refractivity contribution >= 4 is 10.0 Å². The Bertz CT molecular complexity index is 552. The Balaban J connectivity index is 2.12. The van der Waals surface area contributed by atoms with Crippen LogP contribution in [0, 0.1) is 6.92 Å². The second-order valence-corrected chi connectivity index (χ2v) is 6.85. The molecule has 0 bridgehead atoms. The lowest BCUT2D eigenvalue weighted by atomic mass is 10.1. The molecule has 20 heavy (non-hydrogen) atoms. The first-order valence-corrected chi connectivity index (χ1v) is 8.36. The molecule has 0 saturated carbocycles. The van der Waals surface area contributed by atoms with Crippen molar-refractivity contribution in [2.75, 3.05) is 20.2 Å². The highest BCUT2D eigenvalue weighted by atomic mass is 32.2. The van der Waals surface area contributed by atoms with E-state index in [-0.39, 0.29) is 6.10 Å². The fraction of sp³-hybridized carbons (Fsp3) is 0.571. The zero-order valence-corrected chi connectivity index (χ0v) is 12.8. The molecular formula is C14H22N2O3S. The average molecular weight is 298 g/mol. The predicted octanol–water partition coefficient (Wildman–Crippen LogP) is 1.17. The highest BCUT2D eigenvalue weighted by molar-refractivity contribution is 7.89. The van der Waals surface area contributed by atoms with Gasteiger partial charge in [0.25, 0.3) is 0 Å². The summed E-state index contributed by atoms with van der Waals surface area (Å²) in [5, 5.41) is 3.02. The van der Waals surface area contributed by atoms with E-state index in [9.17, 15) is 8.42 Å². The third-order valence-electron chi connectivity index (χ3n) is 3.45. The van der Waals surface area contributed by atoms with Crippen LogP contribution in [0.5, 0.6) is 0 Å². The molecule has 0 amide bonds. The van der Waals surface area contributed by atoms with Gasteiger partial charge in [-0.2, -0.15) is 0 Å². The molecule has 2 rings (SSSR count). The molecule has 1 aromatic rings. The van der Waals surface area contributed by atoms with Crippen LogP contribution in [0.2, 0.25) is 0 Å². The summed E-state index contributed by atoms with van der Waals surface area (Å²) in [4.78, 5) is 0.350. The van der Waals surface area contributed by atoms with E-state index in [1.54, 1.807) is 6.07 Å². The second-order valence-electron chi connectivity index (χ2n) is 5.12. The zero-order chi connectivity index (χ0) is 14.6. The number of hydrogen-bond donors (Lipinski definition) is 2. The van der Waals surface area contributed by atoms with Gasteiger partial charge in [-0.25, -0.2) is 13.1 Å². The molecule has 2 N–H and O–H groups in total. The van der Waals surface area contributed by atoms with Crippen molar-refractivity contribution in [3.63, 3.8) is 0 Å². The van der Waals surface area contributed by atoms with Crippen molar-refractivity contribution in [2.24, 2.45) is 0 Å². The van der Waals surface area contributed by atoms with E-state index < -0.39 is 10.0 Å². The van der Waals surface area contributed by atoms with Gasteiger partial charge >= 0.3 is 0 Å². The van der Waals surface area contributed by atoms with Crippen LogP contribution < -0.4 is 10.0 Å². The van der Waals surface area contributed by atoms with Crippen LogP contribution in [-0.4, -0.2) is 34.7 Å². The van der Waals surface area contributed by atoms with Gasteiger partial charge in [-0.3, -0.25) is 0 Å². The standard InChI is InChI=1S/C14H22N2O3S/c1-11-5-6-12(9-15-2)8-14(11)20(17,18)16-10-13-4-3-7-19-13/h5-6,8,13,15-16H,3-4,7,9-10H2,1-2H3. The van der Waals surface area contributed by atoms with Gasteiger partial charge in [-0.05, 0) is 44.0 Å². The molecule has 1 atom stereocenters. The number of benzene rings is 1.